The zero-order valence-corrected chi connectivity index (χ0v) is 14.9. The van der Waals surface area contributed by atoms with E-state index in [4.69, 9.17) is 18.9 Å². The van der Waals surface area contributed by atoms with Crippen molar-refractivity contribution >= 4 is 5.97 Å². The Hall–Kier alpha value is -1.47. The van der Waals surface area contributed by atoms with Gasteiger partial charge in [0.25, 0.3) is 0 Å². The summed E-state index contributed by atoms with van der Waals surface area (Å²) in [6.45, 7) is 5.51. The summed E-state index contributed by atoms with van der Waals surface area (Å²) in [6.07, 6.45) is 0.464. The molecule has 25 heavy (non-hydrogen) atoms. The summed E-state index contributed by atoms with van der Waals surface area (Å²) in [7, 11) is 0. The van der Waals surface area contributed by atoms with Gasteiger partial charge in [0.1, 0.15) is 5.60 Å². The van der Waals surface area contributed by atoms with Crippen molar-refractivity contribution in [2.45, 2.75) is 57.4 Å². The number of ether oxygens (including phenoxy) is 4. The van der Waals surface area contributed by atoms with Gasteiger partial charge in [0, 0.05) is 18.4 Å². The zero-order chi connectivity index (χ0) is 18.1. The summed E-state index contributed by atoms with van der Waals surface area (Å²) in [5.41, 5.74) is 0.241. The van der Waals surface area contributed by atoms with Crippen LogP contribution in [0, 0.1) is 5.92 Å². The van der Waals surface area contributed by atoms with Crippen LogP contribution in [-0.2, 0) is 23.7 Å². The van der Waals surface area contributed by atoms with E-state index in [0.29, 0.717) is 19.4 Å². The number of esters is 1. The van der Waals surface area contributed by atoms with Crippen LogP contribution < -0.4 is 0 Å². The number of carbonyl (C=O) groups excluding carboxylic acids is 1. The van der Waals surface area contributed by atoms with Gasteiger partial charge in [-0.3, -0.25) is 4.79 Å². The molecule has 1 aromatic rings. The molecular formula is C19H26O6. The van der Waals surface area contributed by atoms with E-state index in [1.165, 1.54) is 6.92 Å². The summed E-state index contributed by atoms with van der Waals surface area (Å²) in [5, 5.41) is 10.7. The molecule has 2 saturated heterocycles. The van der Waals surface area contributed by atoms with Crippen LogP contribution in [0.15, 0.2) is 30.3 Å². The second-order valence-corrected chi connectivity index (χ2v) is 7.21. The Morgan fingerprint density at radius 2 is 2.04 bits per heavy atom. The average molecular weight is 350 g/mol. The van der Waals surface area contributed by atoms with E-state index < -0.39 is 17.7 Å². The maximum Gasteiger partial charge on any atom is 0.302 e. The highest BCUT2D eigenvalue weighted by molar-refractivity contribution is 5.65. The first kappa shape index (κ1) is 18.3. The van der Waals surface area contributed by atoms with Gasteiger partial charge in [0.15, 0.2) is 12.1 Å². The Labute approximate surface area is 148 Å². The van der Waals surface area contributed by atoms with Crippen LogP contribution in [0.4, 0.5) is 0 Å². The van der Waals surface area contributed by atoms with Crippen molar-refractivity contribution in [1.82, 2.24) is 0 Å². The lowest BCUT2D eigenvalue weighted by Crippen LogP contribution is -2.63. The fourth-order valence-corrected chi connectivity index (χ4v) is 3.61. The minimum atomic E-state index is -1.32. The van der Waals surface area contributed by atoms with Crippen molar-refractivity contribution in [3.8, 4) is 0 Å². The highest BCUT2D eigenvalue weighted by atomic mass is 16.7. The molecule has 5 atom stereocenters. The average Bonchev–Trinajstić information content (AvgIpc) is 2.55. The van der Waals surface area contributed by atoms with Crippen LogP contribution in [0.25, 0.3) is 0 Å². The van der Waals surface area contributed by atoms with Gasteiger partial charge in [-0.25, -0.2) is 0 Å². The standard InChI is InChI=1S/C19H26O6/c1-13(20)22-10-9-15-11-16-18(2,25-19(15,3)21)12-23-17(24-16)14-7-5-4-6-8-14/h4-8,15-17,21H,9-12H2,1-3H3/t15-,16+,17-,18-,19-/m1/s1. The molecule has 0 saturated carbocycles. The molecule has 6 nitrogen and oxygen atoms in total. The lowest BCUT2D eigenvalue weighted by atomic mass is 9.80. The van der Waals surface area contributed by atoms with Crippen LogP contribution in [0.2, 0.25) is 0 Å². The lowest BCUT2D eigenvalue weighted by Gasteiger charge is -2.53. The third kappa shape index (κ3) is 4.03. The molecule has 6 heteroatoms. The molecule has 0 amide bonds. The van der Waals surface area contributed by atoms with E-state index in [1.807, 2.05) is 37.3 Å². The van der Waals surface area contributed by atoms with E-state index in [-0.39, 0.29) is 24.6 Å². The van der Waals surface area contributed by atoms with Crippen molar-refractivity contribution < 1.29 is 28.8 Å². The molecule has 2 heterocycles. The Kier molecular flexibility index (Phi) is 5.16. The fourth-order valence-electron chi connectivity index (χ4n) is 3.61. The third-order valence-corrected chi connectivity index (χ3v) is 5.03. The number of hydrogen-bond acceptors (Lipinski definition) is 6. The van der Waals surface area contributed by atoms with Gasteiger partial charge in [-0.05, 0) is 26.7 Å². The van der Waals surface area contributed by atoms with Gasteiger partial charge in [-0.2, -0.15) is 0 Å². The molecule has 0 aromatic heterocycles. The highest BCUT2D eigenvalue weighted by Crippen LogP contribution is 2.45. The second kappa shape index (κ2) is 7.03. The number of carbonyl (C=O) groups is 1. The van der Waals surface area contributed by atoms with Gasteiger partial charge in [0.05, 0.1) is 19.3 Å². The summed E-state index contributed by atoms with van der Waals surface area (Å²) in [5.74, 6) is -1.84. The second-order valence-electron chi connectivity index (χ2n) is 7.21. The Balaban J connectivity index is 1.70. The van der Waals surface area contributed by atoms with Crippen molar-refractivity contribution in [2.24, 2.45) is 5.92 Å². The third-order valence-electron chi connectivity index (χ3n) is 5.03. The van der Waals surface area contributed by atoms with Gasteiger partial charge in [-0.1, -0.05) is 30.3 Å². The summed E-state index contributed by atoms with van der Waals surface area (Å²) in [4.78, 5) is 11.0. The van der Waals surface area contributed by atoms with Crippen molar-refractivity contribution in [3.63, 3.8) is 0 Å². The molecule has 0 radical (unpaired) electrons. The predicted molar refractivity (Wildman–Crippen MR) is 89.5 cm³/mol. The minimum absolute atomic E-state index is 0.195. The first-order chi connectivity index (χ1) is 11.8. The molecule has 138 valence electrons. The molecular weight excluding hydrogens is 324 g/mol. The van der Waals surface area contributed by atoms with Crippen LogP contribution in [0.5, 0.6) is 0 Å². The van der Waals surface area contributed by atoms with Crippen LogP contribution in [0.1, 0.15) is 45.5 Å². The Bertz CT molecular complexity index is 601. The van der Waals surface area contributed by atoms with E-state index >= 15 is 0 Å². The van der Waals surface area contributed by atoms with Gasteiger partial charge < -0.3 is 24.1 Å². The molecule has 1 aromatic carbocycles. The molecule has 0 unspecified atom stereocenters. The van der Waals surface area contributed by atoms with Gasteiger partial charge >= 0.3 is 5.97 Å². The van der Waals surface area contributed by atoms with E-state index in [9.17, 15) is 9.90 Å². The fraction of sp³-hybridized carbons (Fsp3) is 0.632. The zero-order valence-electron chi connectivity index (χ0n) is 14.9. The minimum Gasteiger partial charge on any atom is -0.466 e. The Morgan fingerprint density at radius 3 is 2.72 bits per heavy atom. The molecule has 0 aliphatic carbocycles. The molecule has 2 fully saturated rings. The van der Waals surface area contributed by atoms with E-state index in [0.717, 1.165) is 5.56 Å². The first-order valence-electron chi connectivity index (χ1n) is 8.68. The lowest BCUT2D eigenvalue weighted by molar-refractivity contribution is -0.391. The molecule has 1 N–H and O–H groups in total. The summed E-state index contributed by atoms with van der Waals surface area (Å²) >= 11 is 0. The quantitative estimate of drug-likeness (QED) is 0.841. The largest absolute Gasteiger partial charge is 0.466 e. The van der Waals surface area contributed by atoms with Gasteiger partial charge in [-0.15, -0.1) is 0 Å². The monoisotopic (exact) mass is 350 g/mol. The molecule has 2 aliphatic heterocycles. The molecule has 0 spiro atoms. The summed E-state index contributed by atoms with van der Waals surface area (Å²) < 4.78 is 23.0. The van der Waals surface area contributed by atoms with Crippen LogP contribution >= 0.6 is 0 Å². The topological polar surface area (TPSA) is 74.2 Å². The first-order valence-corrected chi connectivity index (χ1v) is 8.68. The maximum atomic E-state index is 11.0. The van der Waals surface area contributed by atoms with Crippen molar-refractivity contribution in [3.05, 3.63) is 35.9 Å². The molecule has 0 bridgehead atoms. The molecule has 3 rings (SSSR count). The molecule has 2 aliphatic rings. The number of rotatable bonds is 4. The SMILES string of the molecule is CC(=O)OCC[C@@H]1C[C@@H]2O[C@H](c3ccccc3)OC[C@@]2(C)O[C@@]1(C)O. The number of benzene rings is 1. The van der Waals surface area contributed by atoms with Crippen LogP contribution in [-0.4, -0.2) is 41.8 Å². The number of aliphatic hydroxyl groups is 1. The van der Waals surface area contributed by atoms with Gasteiger partial charge in [0.2, 0.25) is 0 Å². The van der Waals surface area contributed by atoms with Crippen molar-refractivity contribution in [1.29, 1.82) is 0 Å². The maximum absolute atomic E-state index is 11.0. The van der Waals surface area contributed by atoms with Crippen LogP contribution in [0.3, 0.4) is 0 Å². The summed E-state index contributed by atoms with van der Waals surface area (Å²) in [6, 6.07) is 9.76. The predicted octanol–water partition coefficient (Wildman–Crippen LogP) is 2.56. The number of fused-ring (bicyclic) bond motifs is 1. The highest BCUT2D eigenvalue weighted by Gasteiger charge is 2.54. The number of hydrogen-bond donors (Lipinski definition) is 1. The van der Waals surface area contributed by atoms with E-state index in [1.54, 1.807) is 6.92 Å². The normalized spacial score (nSPS) is 38.0. The smallest absolute Gasteiger partial charge is 0.302 e. The van der Waals surface area contributed by atoms with E-state index in [2.05, 4.69) is 0 Å². The Morgan fingerprint density at radius 1 is 1.32 bits per heavy atom. The van der Waals surface area contributed by atoms with Crippen molar-refractivity contribution in [2.75, 3.05) is 13.2 Å².